The van der Waals surface area contributed by atoms with Gasteiger partial charge in [0.25, 0.3) is 0 Å². The van der Waals surface area contributed by atoms with Crippen LogP contribution in [-0.4, -0.2) is 46.9 Å². The van der Waals surface area contributed by atoms with Gasteiger partial charge in [-0.1, -0.05) is 30.3 Å². The van der Waals surface area contributed by atoms with E-state index in [4.69, 9.17) is 9.47 Å². The van der Waals surface area contributed by atoms with Crippen LogP contribution in [0, 0.1) is 5.92 Å². The average molecular weight is 510 g/mol. The third-order valence-electron chi connectivity index (χ3n) is 5.13. The van der Waals surface area contributed by atoms with Crippen LogP contribution in [0.25, 0.3) is 0 Å². The molecule has 0 spiro atoms. The summed E-state index contributed by atoms with van der Waals surface area (Å²) >= 11 is 0. The van der Waals surface area contributed by atoms with Crippen LogP contribution < -0.4 is 25.0 Å². The van der Waals surface area contributed by atoms with Crippen LogP contribution in [-0.2, 0) is 6.54 Å². The molecule has 2 N–H and O–H groups in total. The Morgan fingerprint density at radius 2 is 1.72 bits per heavy atom. The fourth-order valence-electron chi connectivity index (χ4n) is 3.60. The second kappa shape index (κ2) is 11.7. The molecule has 1 heterocycles. The van der Waals surface area contributed by atoms with Gasteiger partial charge in [0, 0.05) is 38.8 Å². The molecule has 1 unspecified atom stereocenters. The molecule has 1 atom stereocenters. The Bertz CT molecular complexity index is 800. The van der Waals surface area contributed by atoms with E-state index in [1.54, 1.807) is 21.3 Å². The molecule has 0 saturated carbocycles. The van der Waals surface area contributed by atoms with Crippen molar-refractivity contribution in [2.24, 2.45) is 10.9 Å². The van der Waals surface area contributed by atoms with Crippen LogP contribution in [0.4, 0.5) is 5.69 Å². The fraction of sp³-hybridized carbons (Fsp3) is 0.409. The molecule has 0 bridgehead atoms. The number of anilines is 1. The normalized spacial score (nSPS) is 16.2. The number of halogens is 1. The van der Waals surface area contributed by atoms with E-state index in [1.807, 2.05) is 30.3 Å². The summed E-state index contributed by atoms with van der Waals surface area (Å²) in [5.74, 6) is 3.19. The molecule has 0 aliphatic carbocycles. The number of hydrogen-bond acceptors (Lipinski definition) is 4. The first-order valence-electron chi connectivity index (χ1n) is 9.69. The van der Waals surface area contributed by atoms with E-state index < -0.39 is 0 Å². The van der Waals surface area contributed by atoms with Gasteiger partial charge in [0.15, 0.2) is 5.96 Å². The first kappa shape index (κ1) is 23.1. The maximum Gasteiger partial charge on any atom is 0.191 e. The first-order valence-corrected chi connectivity index (χ1v) is 9.69. The summed E-state index contributed by atoms with van der Waals surface area (Å²) in [6.45, 7) is 3.61. The number of aliphatic imine (C=N–C) groups is 1. The minimum atomic E-state index is 0. The molecule has 1 saturated heterocycles. The third kappa shape index (κ3) is 6.16. The van der Waals surface area contributed by atoms with Crippen LogP contribution in [0.2, 0.25) is 0 Å². The lowest BCUT2D eigenvalue weighted by Crippen LogP contribution is -2.40. The Hall–Kier alpha value is -2.16. The Kier molecular flexibility index (Phi) is 9.37. The first-order chi connectivity index (χ1) is 13.7. The number of nitrogens with zero attached hydrogens (tertiary/aromatic N) is 2. The molecule has 6 nitrogen and oxygen atoms in total. The van der Waals surface area contributed by atoms with Crippen molar-refractivity contribution in [1.29, 1.82) is 0 Å². The monoisotopic (exact) mass is 510 g/mol. The Balaban J connectivity index is 0.00000300. The van der Waals surface area contributed by atoms with Crippen molar-refractivity contribution in [2.45, 2.75) is 13.0 Å². The highest BCUT2D eigenvalue weighted by Gasteiger charge is 2.24. The predicted molar refractivity (Wildman–Crippen MR) is 130 cm³/mol. The van der Waals surface area contributed by atoms with Gasteiger partial charge in [-0.2, -0.15) is 0 Å². The van der Waals surface area contributed by atoms with Crippen LogP contribution in [0.1, 0.15) is 12.0 Å². The van der Waals surface area contributed by atoms with E-state index in [0.29, 0.717) is 12.5 Å². The molecule has 0 amide bonds. The van der Waals surface area contributed by atoms with Crippen molar-refractivity contribution < 1.29 is 9.47 Å². The molecular formula is C22H31IN4O2. The Labute approximate surface area is 190 Å². The summed E-state index contributed by atoms with van der Waals surface area (Å²) < 4.78 is 10.9. The van der Waals surface area contributed by atoms with Crippen LogP contribution in [0.15, 0.2) is 53.5 Å². The minimum absolute atomic E-state index is 0. The zero-order valence-corrected chi connectivity index (χ0v) is 19.7. The highest BCUT2D eigenvalue weighted by molar-refractivity contribution is 14.0. The van der Waals surface area contributed by atoms with Crippen molar-refractivity contribution in [1.82, 2.24) is 10.6 Å². The molecule has 3 rings (SSSR count). The van der Waals surface area contributed by atoms with Crippen molar-refractivity contribution in [3.05, 3.63) is 54.1 Å². The van der Waals surface area contributed by atoms with Gasteiger partial charge in [-0.3, -0.25) is 4.99 Å². The molecule has 1 aliphatic rings. The van der Waals surface area contributed by atoms with Gasteiger partial charge in [0.2, 0.25) is 0 Å². The van der Waals surface area contributed by atoms with Crippen molar-refractivity contribution in [3.63, 3.8) is 0 Å². The molecule has 29 heavy (non-hydrogen) atoms. The second-order valence-corrected chi connectivity index (χ2v) is 6.89. The van der Waals surface area contributed by atoms with Gasteiger partial charge in [0.05, 0.1) is 19.9 Å². The third-order valence-corrected chi connectivity index (χ3v) is 5.13. The maximum atomic E-state index is 5.50. The number of para-hydroxylation sites is 3. The predicted octanol–water partition coefficient (Wildman–Crippen LogP) is 3.51. The van der Waals surface area contributed by atoms with Crippen molar-refractivity contribution in [3.8, 4) is 11.5 Å². The second-order valence-electron chi connectivity index (χ2n) is 6.89. The molecule has 0 radical (unpaired) electrons. The van der Waals surface area contributed by atoms with Crippen LogP contribution in [0.3, 0.4) is 0 Å². The lowest BCUT2D eigenvalue weighted by molar-refractivity contribution is 0.409. The van der Waals surface area contributed by atoms with Gasteiger partial charge in [-0.25, -0.2) is 0 Å². The van der Waals surface area contributed by atoms with E-state index in [0.717, 1.165) is 49.1 Å². The summed E-state index contributed by atoms with van der Waals surface area (Å²) in [5, 5.41) is 6.83. The van der Waals surface area contributed by atoms with Crippen molar-refractivity contribution in [2.75, 3.05) is 45.8 Å². The smallest absolute Gasteiger partial charge is 0.191 e. The zero-order chi connectivity index (χ0) is 19.8. The summed E-state index contributed by atoms with van der Waals surface area (Å²) in [7, 11) is 5.22. The lowest BCUT2D eigenvalue weighted by atomic mass is 10.1. The molecule has 0 aromatic heterocycles. The number of ether oxygens (including phenoxy) is 2. The standard InChI is InChI=1S/C22H30N4O2.HI/c1-23-22(25-15-18-8-4-6-10-20(18)27-2)24-14-17-12-13-26(16-17)19-9-5-7-11-21(19)28-3;/h4-11,17H,12-16H2,1-3H3,(H2,23,24,25);1H. The number of nitrogens with one attached hydrogen (secondary N) is 2. The largest absolute Gasteiger partial charge is 0.496 e. The van der Waals surface area contributed by atoms with Crippen LogP contribution >= 0.6 is 24.0 Å². The molecule has 158 valence electrons. The molecule has 1 aliphatic heterocycles. The summed E-state index contributed by atoms with van der Waals surface area (Å²) in [6.07, 6.45) is 1.15. The highest BCUT2D eigenvalue weighted by atomic mass is 127. The Morgan fingerprint density at radius 3 is 2.45 bits per heavy atom. The van der Waals surface area contributed by atoms with Crippen molar-refractivity contribution >= 4 is 35.6 Å². The van der Waals surface area contributed by atoms with E-state index >= 15 is 0 Å². The number of hydrogen-bond donors (Lipinski definition) is 2. The molecule has 2 aromatic carbocycles. The maximum absolute atomic E-state index is 5.50. The molecule has 1 fully saturated rings. The van der Waals surface area contributed by atoms with Gasteiger partial charge < -0.3 is 25.0 Å². The fourth-order valence-corrected chi connectivity index (χ4v) is 3.60. The van der Waals surface area contributed by atoms with Gasteiger partial charge in [-0.15, -0.1) is 24.0 Å². The quantitative estimate of drug-likeness (QED) is 0.339. The molecular weight excluding hydrogens is 479 g/mol. The van der Waals surface area contributed by atoms with Gasteiger partial charge in [-0.05, 0) is 30.5 Å². The average Bonchev–Trinajstić information content (AvgIpc) is 3.23. The molecule has 7 heteroatoms. The lowest BCUT2D eigenvalue weighted by Gasteiger charge is -2.21. The summed E-state index contributed by atoms with van der Waals surface area (Å²) in [4.78, 5) is 6.74. The number of methoxy groups -OCH3 is 2. The molecule has 2 aromatic rings. The number of rotatable bonds is 7. The van der Waals surface area contributed by atoms with E-state index in [2.05, 4.69) is 38.7 Å². The van der Waals surface area contributed by atoms with E-state index in [9.17, 15) is 0 Å². The minimum Gasteiger partial charge on any atom is -0.496 e. The van der Waals surface area contributed by atoms with E-state index in [1.165, 1.54) is 5.69 Å². The van der Waals surface area contributed by atoms with Gasteiger partial charge in [0.1, 0.15) is 11.5 Å². The number of guanidine groups is 1. The SMILES string of the molecule is CN=C(NCc1ccccc1OC)NCC1CCN(c2ccccc2OC)C1.I. The van der Waals surface area contributed by atoms with Crippen LogP contribution in [0.5, 0.6) is 11.5 Å². The number of benzene rings is 2. The van der Waals surface area contributed by atoms with Gasteiger partial charge >= 0.3 is 0 Å². The zero-order valence-electron chi connectivity index (χ0n) is 17.4. The van der Waals surface area contributed by atoms with E-state index in [-0.39, 0.29) is 24.0 Å². The topological polar surface area (TPSA) is 58.1 Å². The highest BCUT2D eigenvalue weighted by Crippen LogP contribution is 2.31. The Morgan fingerprint density at radius 1 is 1.03 bits per heavy atom. The summed E-state index contributed by atoms with van der Waals surface area (Å²) in [6, 6.07) is 16.2. The summed E-state index contributed by atoms with van der Waals surface area (Å²) in [5.41, 5.74) is 2.28.